The van der Waals surface area contributed by atoms with E-state index in [4.69, 9.17) is 4.74 Å². The van der Waals surface area contributed by atoms with Crippen LogP contribution in [0.3, 0.4) is 0 Å². The fourth-order valence-electron chi connectivity index (χ4n) is 4.30. The van der Waals surface area contributed by atoms with E-state index in [1.807, 2.05) is 0 Å². The van der Waals surface area contributed by atoms with Gasteiger partial charge in [0.2, 0.25) is 0 Å². The predicted octanol–water partition coefficient (Wildman–Crippen LogP) is 3.04. The first kappa shape index (κ1) is 15.8. The highest BCUT2D eigenvalue weighted by Crippen LogP contribution is 2.42. The maximum atomic E-state index is 6.02. The molecule has 2 heterocycles. The summed E-state index contributed by atoms with van der Waals surface area (Å²) in [4.78, 5) is 2.75. The Bertz CT molecular complexity index is 355. The van der Waals surface area contributed by atoms with Crippen molar-refractivity contribution in [1.29, 1.82) is 0 Å². The molecule has 3 atom stereocenters. The maximum Gasteiger partial charge on any atom is 0.0702 e. The molecule has 0 aromatic carbocycles. The first-order valence-electron chi connectivity index (χ1n) is 8.99. The summed E-state index contributed by atoms with van der Waals surface area (Å²) in [6.45, 7) is 14.0. The zero-order valence-electron chi connectivity index (χ0n) is 14.5. The summed E-state index contributed by atoms with van der Waals surface area (Å²) in [7, 11) is 0. The Hall–Kier alpha value is -0.120. The molecule has 1 aliphatic carbocycles. The van der Waals surface area contributed by atoms with Crippen LogP contribution in [0.5, 0.6) is 0 Å². The van der Waals surface area contributed by atoms with E-state index < -0.39 is 0 Å². The molecule has 0 aromatic rings. The zero-order valence-corrected chi connectivity index (χ0v) is 14.5. The number of nitrogens with zero attached hydrogens (tertiary/aromatic N) is 1. The number of hydrogen-bond acceptors (Lipinski definition) is 3. The van der Waals surface area contributed by atoms with Gasteiger partial charge in [-0.05, 0) is 50.4 Å². The summed E-state index contributed by atoms with van der Waals surface area (Å²) in [6, 6.07) is 0.620. The largest absolute Gasteiger partial charge is 0.377 e. The zero-order chi connectivity index (χ0) is 15.1. The highest BCUT2D eigenvalue weighted by atomic mass is 16.5. The second-order valence-electron chi connectivity index (χ2n) is 8.87. The minimum absolute atomic E-state index is 0.326. The van der Waals surface area contributed by atoms with E-state index in [1.54, 1.807) is 0 Å². The minimum Gasteiger partial charge on any atom is -0.377 e. The van der Waals surface area contributed by atoms with Crippen molar-refractivity contribution in [2.75, 3.05) is 26.2 Å². The quantitative estimate of drug-likeness (QED) is 0.866. The molecule has 0 spiro atoms. The summed E-state index contributed by atoms with van der Waals surface area (Å²) in [6.07, 6.45) is 7.14. The van der Waals surface area contributed by atoms with Crippen molar-refractivity contribution in [2.45, 2.75) is 77.5 Å². The molecule has 0 bridgehead atoms. The highest BCUT2D eigenvalue weighted by Gasteiger charge is 2.48. The normalized spacial score (nSPS) is 39.4. The summed E-state index contributed by atoms with van der Waals surface area (Å²) in [5.74, 6) is 0.896. The molecular weight excluding hydrogens is 260 g/mol. The van der Waals surface area contributed by atoms with Crippen LogP contribution < -0.4 is 5.32 Å². The van der Waals surface area contributed by atoms with E-state index >= 15 is 0 Å². The van der Waals surface area contributed by atoms with Crippen molar-refractivity contribution in [1.82, 2.24) is 10.2 Å². The van der Waals surface area contributed by atoms with Crippen LogP contribution >= 0.6 is 0 Å². The minimum atomic E-state index is 0.326. The number of rotatable bonds is 3. The van der Waals surface area contributed by atoms with Crippen LogP contribution in [0, 0.1) is 11.3 Å². The number of ether oxygens (including phenoxy) is 1. The number of nitrogens with one attached hydrogen (secondary N) is 1. The molecule has 122 valence electrons. The van der Waals surface area contributed by atoms with Crippen molar-refractivity contribution < 1.29 is 4.74 Å². The van der Waals surface area contributed by atoms with Gasteiger partial charge in [-0.2, -0.15) is 0 Å². The van der Waals surface area contributed by atoms with Gasteiger partial charge < -0.3 is 10.1 Å². The lowest BCUT2D eigenvalue weighted by atomic mass is 9.80. The first-order valence-corrected chi connectivity index (χ1v) is 8.99. The van der Waals surface area contributed by atoms with Gasteiger partial charge in [0.25, 0.3) is 0 Å². The molecule has 0 aromatic heterocycles. The molecule has 3 nitrogen and oxygen atoms in total. The molecule has 3 heteroatoms. The Balaban J connectivity index is 1.69. The van der Waals surface area contributed by atoms with Crippen molar-refractivity contribution >= 4 is 0 Å². The summed E-state index contributed by atoms with van der Waals surface area (Å²) >= 11 is 0. The molecule has 2 aliphatic heterocycles. The van der Waals surface area contributed by atoms with Gasteiger partial charge in [0.1, 0.15) is 0 Å². The van der Waals surface area contributed by atoms with E-state index in [2.05, 4.69) is 37.9 Å². The third kappa shape index (κ3) is 3.62. The lowest BCUT2D eigenvalue weighted by molar-refractivity contribution is -0.0482. The summed E-state index contributed by atoms with van der Waals surface area (Å²) in [5.41, 5.74) is 0.656. The average Bonchev–Trinajstić information content (AvgIpc) is 3.23. The van der Waals surface area contributed by atoms with Crippen LogP contribution in [0.2, 0.25) is 0 Å². The van der Waals surface area contributed by atoms with Gasteiger partial charge in [-0.15, -0.1) is 0 Å². The Morgan fingerprint density at radius 3 is 2.52 bits per heavy atom. The second-order valence-corrected chi connectivity index (χ2v) is 8.87. The van der Waals surface area contributed by atoms with Crippen LogP contribution in [-0.2, 0) is 4.74 Å². The predicted molar refractivity (Wildman–Crippen MR) is 87.5 cm³/mol. The number of piperazine rings is 1. The Labute approximate surface area is 130 Å². The lowest BCUT2D eigenvalue weighted by Gasteiger charge is -2.52. The Kier molecular flexibility index (Phi) is 4.37. The molecule has 2 saturated heterocycles. The second kappa shape index (κ2) is 5.82. The molecule has 21 heavy (non-hydrogen) atoms. The fraction of sp³-hybridized carbons (Fsp3) is 1.00. The van der Waals surface area contributed by atoms with Gasteiger partial charge in [0, 0.05) is 37.8 Å². The Morgan fingerprint density at radius 1 is 1.19 bits per heavy atom. The van der Waals surface area contributed by atoms with Gasteiger partial charge in [-0.1, -0.05) is 20.8 Å². The maximum absolute atomic E-state index is 6.02. The molecule has 0 amide bonds. The number of hydrogen-bond donors (Lipinski definition) is 1. The standard InChI is InChI=1S/C18H34N2O/c1-17(2,3)16-11-19-18(4,14-8-9-14)13-20(16)12-15-7-5-6-10-21-15/h14-16,19H,5-13H2,1-4H3. The SMILES string of the molecule is CC(C)(C)C1CNC(C)(C2CC2)CN1CC1CCCCO1. The average molecular weight is 294 g/mol. The van der Waals surface area contributed by atoms with E-state index in [0.717, 1.165) is 25.6 Å². The van der Waals surface area contributed by atoms with E-state index in [1.165, 1.54) is 38.6 Å². The smallest absolute Gasteiger partial charge is 0.0702 e. The van der Waals surface area contributed by atoms with Crippen molar-refractivity contribution in [2.24, 2.45) is 11.3 Å². The lowest BCUT2D eigenvalue weighted by Crippen LogP contribution is -2.67. The molecule has 3 aliphatic rings. The van der Waals surface area contributed by atoms with Crippen LogP contribution in [0.4, 0.5) is 0 Å². The van der Waals surface area contributed by atoms with Crippen LogP contribution in [0.1, 0.15) is 59.8 Å². The molecule has 3 rings (SSSR count). The molecule has 3 fully saturated rings. The monoisotopic (exact) mass is 294 g/mol. The molecule has 1 saturated carbocycles. The molecular formula is C18H34N2O. The molecule has 0 radical (unpaired) electrons. The van der Waals surface area contributed by atoms with Gasteiger partial charge in [0.15, 0.2) is 0 Å². The van der Waals surface area contributed by atoms with Crippen molar-refractivity contribution in [3.63, 3.8) is 0 Å². The van der Waals surface area contributed by atoms with Crippen LogP contribution in [0.15, 0.2) is 0 Å². The van der Waals surface area contributed by atoms with Crippen molar-refractivity contribution in [3.8, 4) is 0 Å². The van der Waals surface area contributed by atoms with Crippen molar-refractivity contribution in [3.05, 3.63) is 0 Å². The first-order chi connectivity index (χ1) is 9.88. The Morgan fingerprint density at radius 2 is 1.95 bits per heavy atom. The summed E-state index contributed by atoms with van der Waals surface area (Å²) < 4.78 is 6.02. The molecule has 3 unspecified atom stereocenters. The van der Waals surface area contributed by atoms with E-state index in [0.29, 0.717) is 23.1 Å². The molecule has 1 N–H and O–H groups in total. The van der Waals surface area contributed by atoms with Crippen LogP contribution in [-0.4, -0.2) is 48.8 Å². The fourth-order valence-corrected chi connectivity index (χ4v) is 4.30. The summed E-state index contributed by atoms with van der Waals surface area (Å²) in [5, 5.41) is 3.90. The van der Waals surface area contributed by atoms with Crippen LogP contribution in [0.25, 0.3) is 0 Å². The van der Waals surface area contributed by atoms with Gasteiger partial charge in [0.05, 0.1) is 6.10 Å². The third-order valence-electron chi connectivity index (χ3n) is 5.86. The van der Waals surface area contributed by atoms with Gasteiger partial charge in [-0.25, -0.2) is 0 Å². The van der Waals surface area contributed by atoms with Gasteiger partial charge in [-0.3, -0.25) is 4.90 Å². The topological polar surface area (TPSA) is 24.5 Å². The van der Waals surface area contributed by atoms with E-state index in [-0.39, 0.29) is 0 Å². The van der Waals surface area contributed by atoms with Gasteiger partial charge >= 0.3 is 0 Å². The third-order valence-corrected chi connectivity index (χ3v) is 5.86. The van der Waals surface area contributed by atoms with E-state index in [9.17, 15) is 0 Å². The highest BCUT2D eigenvalue weighted by molar-refractivity contribution is 5.06.